The third-order valence-electron chi connectivity index (χ3n) is 3.28. The van der Waals surface area contributed by atoms with Gasteiger partial charge in [0.15, 0.2) is 0 Å². The van der Waals surface area contributed by atoms with Crippen molar-refractivity contribution in [1.29, 1.82) is 0 Å². The minimum atomic E-state index is -0.323. The zero-order chi connectivity index (χ0) is 14.5. The highest BCUT2D eigenvalue weighted by molar-refractivity contribution is 9.10. The Morgan fingerprint density at radius 1 is 1.55 bits per heavy atom. The number of halogens is 1. The molecule has 1 unspecified atom stereocenters. The zero-order valence-corrected chi connectivity index (χ0v) is 13.0. The van der Waals surface area contributed by atoms with Crippen molar-refractivity contribution >= 4 is 21.8 Å². The first kappa shape index (κ1) is 15.3. The quantitative estimate of drug-likeness (QED) is 0.806. The van der Waals surface area contributed by atoms with E-state index < -0.39 is 0 Å². The summed E-state index contributed by atoms with van der Waals surface area (Å²) in [5, 5.41) is 13.4. The number of nitrogens with one attached hydrogen (secondary N) is 1. The summed E-state index contributed by atoms with van der Waals surface area (Å²) in [7, 11) is 0. The van der Waals surface area contributed by atoms with E-state index in [1.54, 1.807) is 0 Å². The van der Waals surface area contributed by atoms with Gasteiger partial charge in [-0.3, -0.25) is 10.0 Å². The topological polar surface area (TPSA) is 61.8 Å². The van der Waals surface area contributed by atoms with Crippen molar-refractivity contribution in [3.8, 4) is 5.75 Å². The van der Waals surface area contributed by atoms with E-state index in [1.807, 2.05) is 25.1 Å². The molecule has 2 rings (SSSR count). The summed E-state index contributed by atoms with van der Waals surface area (Å²) in [6.45, 7) is 3.53. The molecule has 2 N–H and O–H groups in total. The number of ether oxygens (including phenoxy) is 1. The van der Waals surface area contributed by atoms with Gasteiger partial charge in [0.1, 0.15) is 5.75 Å². The van der Waals surface area contributed by atoms with Gasteiger partial charge >= 0.3 is 0 Å². The minimum absolute atomic E-state index is 0.256. The molecule has 5 nitrogen and oxygen atoms in total. The molecule has 1 atom stereocenters. The van der Waals surface area contributed by atoms with Gasteiger partial charge in [-0.15, -0.1) is 0 Å². The van der Waals surface area contributed by atoms with E-state index >= 15 is 0 Å². The molecule has 0 aromatic heterocycles. The van der Waals surface area contributed by atoms with Crippen molar-refractivity contribution in [2.24, 2.45) is 0 Å². The zero-order valence-electron chi connectivity index (χ0n) is 11.4. The lowest BCUT2D eigenvalue weighted by atomic mass is 10.1. The molecule has 20 heavy (non-hydrogen) atoms. The maximum atomic E-state index is 11.8. The lowest BCUT2D eigenvalue weighted by Gasteiger charge is -2.28. The summed E-state index contributed by atoms with van der Waals surface area (Å²) >= 11 is 3.49. The summed E-state index contributed by atoms with van der Waals surface area (Å²) in [5.74, 6) is 0.555. The average molecular weight is 343 g/mol. The molecule has 0 radical (unpaired) electrons. The number of benzene rings is 1. The minimum Gasteiger partial charge on any atom is -0.494 e. The van der Waals surface area contributed by atoms with Crippen LogP contribution in [0.4, 0.5) is 0 Å². The van der Waals surface area contributed by atoms with E-state index in [1.165, 1.54) is 0 Å². The summed E-state index contributed by atoms with van der Waals surface area (Å²) in [4.78, 5) is 11.8. The predicted octanol–water partition coefficient (Wildman–Crippen LogP) is 2.32. The van der Waals surface area contributed by atoms with E-state index in [-0.39, 0.29) is 11.9 Å². The number of hydroxylamine groups is 2. The smallest absolute Gasteiger partial charge is 0.263 e. The van der Waals surface area contributed by atoms with Crippen LogP contribution in [0.3, 0.4) is 0 Å². The maximum absolute atomic E-state index is 11.8. The Hall–Kier alpha value is -1.11. The lowest BCUT2D eigenvalue weighted by Crippen LogP contribution is -2.49. The molecule has 1 aliphatic heterocycles. The van der Waals surface area contributed by atoms with Crippen LogP contribution < -0.4 is 10.1 Å². The highest BCUT2D eigenvalue weighted by Gasteiger charge is 2.27. The number of hydrogen-bond acceptors (Lipinski definition) is 4. The van der Waals surface area contributed by atoms with Gasteiger partial charge in [0.25, 0.3) is 5.91 Å². The molecule has 1 aromatic rings. The van der Waals surface area contributed by atoms with Gasteiger partial charge in [-0.05, 0) is 43.5 Å². The monoisotopic (exact) mass is 342 g/mol. The van der Waals surface area contributed by atoms with Crippen LogP contribution in [0.1, 0.15) is 25.3 Å². The number of carbonyl (C=O) groups excluding carboxylic acids is 1. The second kappa shape index (κ2) is 7.06. The molecule has 1 fully saturated rings. The van der Waals surface area contributed by atoms with Gasteiger partial charge in [-0.25, -0.2) is 5.06 Å². The Morgan fingerprint density at radius 3 is 3.10 bits per heavy atom. The molecule has 1 aromatic carbocycles. The first-order chi connectivity index (χ1) is 9.61. The molecule has 1 saturated heterocycles. The van der Waals surface area contributed by atoms with Crippen molar-refractivity contribution < 1.29 is 14.7 Å². The molecule has 0 aliphatic carbocycles. The predicted molar refractivity (Wildman–Crippen MR) is 78.7 cm³/mol. The van der Waals surface area contributed by atoms with Crippen LogP contribution in [0.5, 0.6) is 5.75 Å². The van der Waals surface area contributed by atoms with Crippen molar-refractivity contribution in [1.82, 2.24) is 10.4 Å². The second-order valence-electron chi connectivity index (χ2n) is 4.72. The Balaban J connectivity index is 1.99. The molecular weight excluding hydrogens is 324 g/mol. The lowest BCUT2D eigenvalue weighted by molar-refractivity contribution is -0.172. The van der Waals surface area contributed by atoms with E-state index in [0.29, 0.717) is 19.7 Å². The van der Waals surface area contributed by atoms with Crippen LogP contribution in [-0.4, -0.2) is 35.4 Å². The van der Waals surface area contributed by atoms with Crippen LogP contribution >= 0.6 is 15.9 Å². The molecule has 0 saturated carbocycles. The van der Waals surface area contributed by atoms with Gasteiger partial charge in [0.05, 0.1) is 12.6 Å². The Labute approximate surface area is 127 Å². The molecule has 110 valence electrons. The van der Waals surface area contributed by atoms with Gasteiger partial charge in [0.2, 0.25) is 0 Å². The second-order valence-corrected chi connectivity index (χ2v) is 5.58. The number of amides is 1. The van der Waals surface area contributed by atoms with Crippen LogP contribution in [0, 0.1) is 0 Å². The van der Waals surface area contributed by atoms with Crippen LogP contribution in [0.25, 0.3) is 0 Å². The summed E-state index contributed by atoms with van der Waals surface area (Å²) in [5.41, 5.74) is 1.03. The SMILES string of the molecule is CCOc1ccc(Br)c(CNC2CCCN(O)C2=O)c1. The van der Waals surface area contributed by atoms with E-state index in [2.05, 4.69) is 21.2 Å². The molecular formula is C14H19BrN2O3. The third-order valence-corrected chi connectivity index (χ3v) is 4.06. The van der Waals surface area contributed by atoms with Gasteiger partial charge < -0.3 is 10.1 Å². The standard InChI is InChI=1S/C14H19BrN2O3/c1-2-20-11-5-6-12(15)10(8-11)9-16-13-4-3-7-17(19)14(13)18/h5-6,8,13,16,19H,2-4,7,9H2,1H3. The highest BCUT2D eigenvalue weighted by Crippen LogP contribution is 2.23. The molecule has 1 aliphatic rings. The van der Waals surface area contributed by atoms with Crippen molar-refractivity contribution in [2.75, 3.05) is 13.2 Å². The largest absolute Gasteiger partial charge is 0.494 e. The number of carbonyl (C=O) groups is 1. The third kappa shape index (κ3) is 3.71. The van der Waals surface area contributed by atoms with Gasteiger partial charge in [-0.1, -0.05) is 15.9 Å². The first-order valence-corrected chi connectivity index (χ1v) is 7.56. The Kier molecular flexibility index (Phi) is 5.39. The number of nitrogens with zero attached hydrogens (tertiary/aromatic N) is 1. The van der Waals surface area contributed by atoms with Crippen molar-refractivity contribution in [2.45, 2.75) is 32.4 Å². The first-order valence-electron chi connectivity index (χ1n) is 6.76. The fourth-order valence-electron chi connectivity index (χ4n) is 2.22. The Bertz CT molecular complexity index is 481. The van der Waals surface area contributed by atoms with E-state index in [9.17, 15) is 10.0 Å². The summed E-state index contributed by atoms with van der Waals surface area (Å²) < 4.78 is 6.44. The summed E-state index contributed by atoms with van der Waals surface area (Å²) in [6.07, 6.45) is 1.55. The van der Waals surface area contributed by atoms with Gasteiger partial charge in [0, 0.05) is 17.6 Å². The van der Waals surface area contributed by atoms with Gasteiger partial charge in [-0.2, -0.15) is 0 Å². The fraction of sp³-hybridized carbons (Fsp3) is 0.500. The van der Waals surface area contributed by atoms with E-state index in [0.717, 1.165) is 33.7 Å². The van der Waals surface area contributed by atoms with Crippen LogP contribution in [0.2, 0.25) is 0 Å². The molecule has 1 amide bonds. The van der Waals surface area contributed by atoms with Crippen LogP contribution in [-0.2, 0) is 11.3 Å². The number of hydrogen-bond donors (Lipinski definition) is 2. The van der Waals surface area contributed by atoms with E-state index in [4.69, 9.17) is 4.74 Å². The molecule has 0 spiro atoms. The maximum Gasteiger partial charge on any atom is 0.263 e. The van der Waals surface area contributed by atoms with Crippen LogP contribution in [0.15, 0.2) is 22.7 Å². The van der Waals surface area contributed by atoms with Crippen molar-refractivity contribution in [3.05, 3.63) is 28.2 Å². The number of rotatable bonds is 5. The highest BCUT2D eigenvalue weighted by atomic mass is 79.9. The van der Waals surface area contributed by atoms with Crippen molar-refractivity contribution in [3.63, 3.8) is 0 Å². The molecule has 6 heteroatoms. The average Bonchev–Trinajstić information content (AvgIpc) is 2.44. The normalized spacial score (nSPS) is 19.2. The summed E-state index contributed by atoms with van der Waals surface area (Å²) in [6, 6.07) is 5.46. The fourth-order valence-corrected chi connectivity index (χ4v) is 2.61. The molecule has 0 bridgehead atoms. The number of piperidine rings is 1. The molecule has 1 heterocycles. The Morgan fingerprint density at radius 2 is 2.35 bits per heavy atom.